The average molecular weight is 364 g/mol. The molecule has 0 aromatic carbocycles. The number of hydrogen-bond donors (Lipinski definition) is 3. The van der Waals surface area contributed by atoms with Crippen LogP contribution in [0.2, 0.25) is 0 Å². The second-order valence-electron chi connectivity index (χ2n) is 6.30. The third kappa shape index (κ3) is 5.68. The van der Waals surface area contributed by atoms with Gasteiger partial charge in [0.05, 0.1) is 23.9 Å². The van der Waals surface area contributed by atoms with Gasteiger partial charge < -0.3 is 15.5 Å². The highest BCUT2D eigenvalue weighted by molar-refractivity contribution is 7.14. The molecule has 1 atom stereocenters. The van der Waals surface area contributed by atoms with Crippen LogP contribution in [-0.4, -0.2) is 29.4 Å². The number of thiazole rings is 1. The number of nitrogens with zero attached hydrogens (tertiary/aromatic N) is 1. The second-order valence-corrected chi connectivity index (χ2v) is 7.15. The summed E-state index contributed by atoms with van der Waals surface area (Å²) >= 11 is 1.28. The highest BCUT2D eigenvalue weighted by Gasteiger charge is 2.16. The van der Waals surface area contributed by atoms with Crippen LogP contribution < -0.4 is 16.4 Å². The van der Waals surface area contributed by atoms with E-state index < -0.39 is 0 Å². The Morgan fingerprint density at radius 1 is 1.40 bits per heavy atom. The van der Waals surface area contributed by atoms with Crippen molar-refractivity contribution in [3.05, 3.63) is 34.7 Å². The molecule has 0 aliphatic rings. The van der Waals surface area contributed by atoms with Crippen molar-refractivity contribution in [2.45, 2.75) is 39.7 Å². The molecule has 0 radical (unpaired) electrons. The van der Waals surface area contributed by atoms with E-state index in [1.165, 1.54) is 17.6 Å². The van der Waals surface area contributed by atoms with Gasteiger partial charge in [0.2, 0.25) is 5.91 Å². The molecule has 2 aromatic heterocycles. The number of carbonyl (C=O) groups excluding carboxylic acids is 2. The Morgan fingerprint density at radius 3 is 2.76 bits per heavy atom. The van der Waals surface area contributed by atoms with Gasteiger partial charge in [-0.25, -0.2) is 4.98 Å². The largest absolute Gasteiger partial charge is 0.469 e. The number of aromatic nitrogens is 1. The van der Waals surface area contributed by atoms with Gasteiger partial charge in [0.1, 0.15) is 5.76 Å². The van der Waals surface area contributed by atoms with Gasteiger partial charge >= 0.3 is 0 Å². The van der Waals surface area contributed by atoms with E-state index >= 15 is 0 Å². The lowest BCUT2D eigenvalue weighted by atomic mass is 10.0. The standard InChI is InChI=1S/C17H24N4O3S/c1-10(2)6-12(8-18)19-15(22)7-13-9-25-17(20-13)21-16(23)14-4-5-24-11(14)3/h4-5,9-10,12H,6-8,18H2,1-3H3,(H,19,22)(H,20,21,23). The first kappa shape index (κ1) is 19.1. The van der Waals surface area contributed by atoms with Gasteiger partial charge in [-0.2, -0.15) is 0 Å². The fraction of sp³-hybridized carbons (Fsp3) is 0.471. The van der Waals surface area contributed by atoms with Gasteiger partial charge in [0.15, 0.2) is 5.13 Å². The first-order valence-corrected chi connectivity index (χ1v) is 9.06. The number of nitrogens with one attached hydrogen (secondary N) is 2. The summed E-state index contributed by atoms with van der Waals surface area (Å²) in [5.74, 6) is 0.606. The molecule has 2 rings (SSSR count). The van der Waals surface area contributed by atoms with Gasteiger partial charge in [-0.1, -0.05) is 13.8 Å². The summed E-state index contributed by atoms with van der Waals surface area (Å²) < 4.78 is 5.12. The van der Waals surface area contributed by atoms with Crippen LogP contribution in [0.25, 0.3) is 0 Å². The number of furan rings is 1. The molecule has 2 aromatic rings. The molecule has 0 fully saturated rings. The third-order valence-corrected chi connectivity index (χ3v) is 4.43. The summed E-state index contributed by atoms with van der Waals surface area (Å²) in [5.41, 5.74) is 6.78. The highest BCUT2D eigenvalue weighted by Crippen LogP contribution is 2.18. The van der Waals surface area contributed by atoms with E-state index in [9.17, 15) is 9.59 Å². The van der Waals surface area contributed by atoms with Crippen LogP contribution in [0.3, 0.4) is 0 Å². The Labute approximate surface area is 151 Å². The van der Waals surface area contributed by atoms with Crippen molar-refractivity contribution < 1.29 is 14.0 Å². The molecule has 2 amide bonds. The molecule has 0 aliphatic heterocycles. The van der Waals surface area contributed by atoms with Crippen LogP contribution in [0.15, 0.2) is 22.1 Å². The van der Waals surface area contributed by atoms with E-state index in [0.29, 0.717) is 34.6 Å². The molecule has 0 saturated heterocycles. The maximum atomic E-state index is 12.1. The molecule has 1 unspecified atom stereocenters. The quantitative estimate of drug-likeness (QED) is 0.666. The van der Waals surface area contributed by atoms with Crippen molar-refractivity contribution in [1.82, 2.24) is 10.3 Å². The van der Waals surface area contributed by atoms with Crippen LogP contribution in [0.5, 0.6) is 0 Å². The van der Waals surface area contributed by atoms with Gasteiger partial charge in [0.25, 0.3) is 5.91 Å². The molecule has 2 heterocycles. The predicted octanol–water partition coefficient (Wildman–Crippen LogP) is 2.33. The Balaban J connectivity index is 1.89. The number of aryl methyl sites for hydroxylation is 1. The lowest BCUT2D eigenvalue weighted by Crippen LogP contribution is -2.41. The highest BCUT2D eigenvalue weighted by atomic mass is 32.1. The molecule has 0 saturated carbocycles. The number of nitrogens with two attached hydrogens (primary N) is 1. The smallest absolute Gasteiger partial charge is 0.260 e. The van der Waals surface area contributed by atoms with Crippen molar-refractivity contribution in [2.75, 3.05) is 11.9 Å². The van der Waals surface area contributed by atoms with Gasteiger partial charge in [-0.05, 0) is 25.3 Å². The van der Waals surface area contributed by atoms with E-state index in [-0.39, 0.29) is 24.3 Å². The zero-order valence-electron chi connectivity index (χ0n) is 14.7. The minimum absolute atomic E-state index is 0.0330. The van der Waals surface area contributed by atoms with Crippen LogP contribution in [0, 0.1) is 12.8 Å². The van der Waals surface area contributed by atoms with E-state index in [2.05, 4.69) is 29.5 Å². The maximum absolute atomic E-state index is 12.1. The minimum atomic E-state index is -0.281. The normalized spacial score (nSPS) is 12.2. The van der Waals surface area contributed by atoms with Crippen molar-refractivity contribution in [3.63, 3.8) is 0 Å². The Bertz CT molecular complexity index is 723. The third-order valence-electron chi connectivity index (χ3n) is 3.62. The van der Waals surface area contributed by atoms with Crippen LogP contribution in [0.4, 0.5) is 5.13 Å². The molecular weight excluding hydrogens is 340 g/mol. The van der Waals surface area contributed by atoms with Gasteiger partial charge in [0, 0.05) is 18.0 Å². The average Bonchev–Trinajstić information content (AvgIpc) is 3.15. The van der Waals surface area contributed by atoms with Crippen molar-refractivity contribution in [1.29, 1.82) is 0 Å². The SMILES string of the molecule is Cc1occc1C(=O)Nc1nc(CC(=O)NC(CN)CC(C)C)cs1. The van der Waals surface area contributed by atoms with E-state index in [1.807, 2.05) is 0 Å². The molecule has 25 heavy (non-hydrogen) atoms. The zero-order valence-corrected chi connectivity index (χ0v) is 15.5. The molecule has 0 aliphatic carbocycles. The van der Waals surface area contributed by atoms with Crippen molar-refractivity contribution in [3.8, 4) is 0 Å². The monoisotopic (exact) mass is 364 g/mol. The van der Waals surface area contributed by atoms with E-state index in [0.717, 1.165) is 6.42 Å². The lowest BCUT2D eigenvalue weighted by molar-refractivity contribution is -0.121. The van der Waals surface area contributed by atoms with Gasteiger partial charge in [-0.3, -0.25) is 14.9 Å². The topological polar surface area (TPSA) is 110 Å². The van der Waals surface area contributed by atoms with E-state index in [4.69, 9.17) is 10.2 Å². The number of rotatable bonds is 8. The molecule has 136 valence electrons. The fourth-order valence-electron chi connectivity index (χ4n) is 2.46. The molecule has 4 N–H and O–H groups in total. The van der Waals surface area contributed by atoms with Crippen LogP contribution >= 0.6 is 11.3 Å². The zero-order chi connectivity index (χ0) is 18.4. The molecular formula is C17H24N4O3S. The molecule has 7 nitrogen and oxygen atoms in total. The van der Waals surface area contributed by atoms with E-state index in [1.54, 1.807) is 18.4 Å². The number of amides is 2. The summed E-state index contributed by atoms with van der Waals surface area (Å²) in [4.78, 5) is 28.5. The van der Waals surface area contributed by atoms with Crippen molar-refractivity contribution >= 4 is 28.3 Å². The summed E-state index contributed by atoms with van der Waals surface area (Å²) in [6.45, 7) is 6.31. The lowest BCUT2D eigenvalue weighted by Gasteiger charge is -2.18. The summed E-state index contributed by atoms with van der Waals surface area (Å²) in [7, 11) is 0. The number of hydrogen-bond acceptors (Lipinski definition) is 6. The van der Waals surface area contributed by atoms with Crippen LogP contribution in [-0.2, 0) is 11.2 Å². The number of carbonyl (C=O) groups is 2. The predicted molar refractivity (Wildman–Crippen MR) is 97.7 cm³/mol. The first-order chi connectivity index (χ1) is 11.9. The molecule has 0 bridgehead atoms. The Hall–Kier alpha value is -2.19. The first-order valence-electron chi connectivity index (χ1n) is 8.18. The summed E-state index contributed by atoms with van der Waals surface area (Å²) in [6.07, 6.45) is 2.46. The number of anilines is 1. The van der Waals surface area contributed by atoms with Crippen LogP contribution in [0.1, 0.15) is 42.1 Å². The molecule has 0 spiro atoms. The Kier molecular flexibility index (Phi) is 6.72. The fourth-order valence-corrected chi connectivity index (χ4v) is 3.16. The molecule has 8 heteroatoms. The minimum Gasteiger partial charge on any atom is -0.469 e. The van der Waals surface area contributed by atoms with Crippen molar-refractivity contribution in [2.24, 2.45) is 11.7 Å². The second kappa shape index (κ2) is 8.77. The maximum Gasteiger partial charge on any atom is 0.260 e. The summed E-state index contributed by atoms with van der Waals surface area (Å²) in [5, 5.41) is 7.85. The Morgan fingerprint density at radius 2 is 2.16 bits per heavy atom. The summed E-state index contributed by atoms with van der Waals surface area (Å²) in [6, 6.07) is 1.57. The van der Waals surface area contributed by atoms with Gasteiger partial charge in [-0.15, -0.1) is 11.3 Å².